The van der Waals surface area contributed by atoms with Gasteiger partial charge in [-0.15, -0.1) is 0 Å². The molecule has 3 aromatic carbocycles. The van der Waals surface area contributed by atoms with E-state index in [-0.39, 0.29) is 30.6 Å². The molecule has 7 rings (SSSR count). The van der Waals surface area contributed by atoms with Gasteiger partial charge in [0.15, 0.2) is 11.6 Å². The number of allylic oxidation sites excluding steroid dienone is 2. The van der Waals surface area contributed by atoms with Crippen molar-refractivity contribution in [2.24, 2.45) is 29.6 Å². The molecule has 4 aliphatic rings. The van der Waals surface area contributed by atoms with Crippen LogP contribution in [0.25, 0.3) is 12.2 Å². The molecule has 3 aromatic rings. The standard InChI is InChI=1S/C36H29FN2O5/c1-3-19-5-10-22(11-6-19)38-33(41)25-15-14-24-26(31(25)35(38)43)18-27-32(30(24)21-9-16-29(40)28(37)17-21)36(44)39(34(27)42)23-12-7-20(4-2)8-13-23/h3-14,16-17,25-27,30-32,40H,1-2,15,18H2/t25-,26+,27+,30-,31-,32+/m0/s1. The summed E-state index contributed by atoms with van der Waals surface area (Å²) < 4.78 is 14.8. The Balaban J connectivity index is 1.32. The highest BCUT2D eigenvalue weighted by molar-refractivity contribution is 6.24. The van der Waals surface area contributed by atoms with E-state index < -0.39 is 53.0 Å². The van der Waals surface area contributed by atoms with Crippen molar-refractivity contribution < 1.29 is 28.7 Å². The highest BCUT2D eigenvalue weighted by Crippen LogP contribution is 2.58. The van der Waals surface area contributed by atoms with E-state index in [1.807, 2.05) is 6.08 Å². The number of fused-ring (bicyclic) bond motifs is 4. The Hall–Kier alpha value is -5.11. The molecule has 0 spiro atoms. The summed E-state index contributed by atoms with van der Waals surface area (Å²) >= 11 is 0. The molecule has 0 aromatic heterocycles. The minimum atomic E-state index is -0.842. The number of nitrogens with zero attached hydrogens (tertiary/aromatic N) is 2. The van der Waals surface area contributed by atoms with Gasteiger partial charge in [0, 0.05) is 5.92 Å². The molecule has 3 fully saturated rings. The third-order valence-corrected chi connectivity index (χ3v) is 9.75. The van der Waals surface area contributed by atoms with Crippen molar-refractivity contribution in [3.05, 3.63) is 114 Å². The maximum absolute atomic E-state index is 14.8. The van der Waals surface area contributed by atoms with Crippen LogP contribution in [-0.2, 0) is 19.2 Å². The molecule has 1 saturated carbocycles. The summed E-state index contributed by atoms with van der Waals surface area (Å²) in [6, 6.07) is 17.9. The van der Waals surface area contributed by atoms with Gasteiger partial charge in [0.05, 0.1) is 35.0 Å². The van der Waals surface area contributed by atoms with E-state index in [9.17, 15) is 28.7 Å². The first-order valence-electron chi connectivity index (χ1n) is 14.6. The summed E-state index contributed by atoms with van der Waals surface area (Å²) in [5, 5.41) is 9.93. The summed E-state index contributed by atoms with van der Waals surface area (Å²) in [4.78, 5) is 58.4. The van der Waals surface area contributed by atoms with E-state index >= 15 is 0 Å². The topological polar surface area (TPSA) is 95.0 Å². The average Bonchev–Trinajstić information content (AvgIpc) is 3.45. The monoisotopic (exact) mass is 588 g/mol. The van der Waals surface area contributed by atoms with Crippen LogP contribution in [0.5, 0.6) is 5.75 Å². The van der Waals surface area contributed by atoms with Crippen LogP contribution in [0, 0.1) is 35.4 Å². The zero-order valence-corrected chi connectivity index (χ0v) is 23.7. The number of imide groups is 2. The van der Waals surface area contributed by atoms with Gasteiger partial charge in [-0.2, -0.15) is 0 Å². The number of hydrogen-bond acceptors (Lipinski definition) is 5. The molecule has 220 valence electrons. The fraction of sp³-hybridized carbons (Fsp3) is 0.222. The predicted molar refractivity (Wildman–Crippen MR) is 164 cm³/mol. The Kier molecular flexibility index (Phi) is 6.46. The van der Waals surface area contributed by atoms with Crippen LogP contribution in [0.4, 0.5) is 15.8 Å². The van der Waals surface area contributed by atoms with Crippen molar-refractivity contribution in [1.29, 1.82) is 0 Å². The Morgan fingerprint density at radius 3 is 1.80 bits per heavy atom. The molecule has 0 unspecified atom stereocenters. The molecule has 0 bridgehead atoms. The lowest BCUT2D eigenvalue weighted by molar-refractivity contribution is -0.126. The van der Waals surface area contributed by atoms with Gasteiger partial charge < -0.3 is 5.11 Å². The number of phenolic OH excluding ortho intramolecular Hbond substituents is 1. The van der Waals surface area contributed by atoms with Crippen molar-refractivity contribution in [2.75, 3.05) is 9.80 Å². The number of phenols is 1. The Labute approximate surface area is 253 Å². The zero-order chi connectivity index (χ0) is 30.9. The van der Waals surface area contributed by atoms with Gasteiger partial charge in [-0.3, -0.25) is 29.0 Å². The number of carbonyl (C=O) groups is 4. The van der Waals surface area contributed by atoms with Gasteiger partial charge in [-0.1, -0.05) is 67.3 Å². The second kappa shape index (κ2) is 10.3. The van der Waals surface area contributed by atoms with Crippen molar-refractivity contribution in [1.82, 2.24) is 0 Å². The number of carbonyl (C=O) groups excluding carboxylic acids is 4. The van der Waals surface area contributed by atoms with Gasteiger partial charge in [0.1, 0.15) is 0 Å². The summed E-state index contributed by atoms with van der Waals surface area (Å²) in [7, 11) is 0. The minimum Gasteiger partial charge on any atom is -0.505 e. The number of aromatic hydroxyl groups is 1. The molecule has 7 nitrogen and oxygen atoms in total. The van der Waals surface area contributed by atoms with Crippen LogP contribution in [0.15, 0.2) is 91.5 Å². The van der Waals surface area contributed by atoms with Crippen LogP contribution >= 0.6 is 0 Å². The van der Waals surface area contributed by atoms with Crippen molar-refractivity contribution in [2.45, 2.75) is 18.8 Å². The van der Waals surface area contributed by atoms with Crippen molar-refractivity contribution in [3.8, 4) is 5.75 Å². The fourth-order valence-corrected chi connectivity index (χ4v) is 7.71. The Morgan fingerprint density at radius 1 is 0.705 bits per heavy atom. The first-order valence-corrected chi connectivity index (χ1v) is 14.6. The minimum absolute atomic E-state index is 0.211. The second-order valence-electron chi connectivity index (χ2n) is 11.9. The zero-order valence-electron chi connectivity index (χ0n) is 23.7. The van der Waals surface area contributed by atoms with Crippen LogP contribution in [0.2, 0.25) is 0 Å². The summed E-state index contributed by atoms with van der Waals surface area (Å²) in [5.41, 5.74) is 3.76. The van der Waals surface area contributed by atoms with Crippen LogP contribution < -0.4 is 9.80 Å². The van der Waals surface area contributed by atoms with Crippen molar-refractivity contribution in [3.63, 3.8) is 0 Å². The first-order chi connectivity index (χ1) is 21.2. The molecule has 8 heteroatoms. The number of anilines is 2. The highest BCUT2D eigenvalue weighted by Gasteiger charge is 2.62. The lowest BCUT2D eigenvalue weighted by Crippen LogP contribution is -2.43. The molecule has 44 heavy (non-hydrogen) atoms. The van der Waals surface area contributed by atoms with Crippen LogP contribution in [0.3, 0.4) is 0 Å². The smallest absolute Gasteiger partial charge is 0.238 e. The van der Waals surface area contributed by atoms with E-state index in [0.29, 0.717) is 16.9 Å². The summed E-state index contributed by atoms with van der Waals surface area (Å²) in [5.74, 6) is -6.97. The molecular weight excluding hydrogens is 559 g/mol. The first kappa shape index (κ1) is 27.7. The molecule has 2 heterocycles. The van der Waals surface area contributed by atoms with E-state index in [1.165, 1.54) is 21.9 Å². The van der Waals surface area contributed by atoms with Gasteiger partial charge in [-0.25, -0.2) is 4.39 Å². The number of halogens is 1. The maximum atomic E-state index is 14.8. The molecule has 0 radical (unpaired) electrons. The van der Waals surface area contributed by atoms with Gasteiger partial charge >= 0.3 is 0 Å². The largest absolute Gasteiger partial charge is 0.505 e. The predicted octanol–water partition coefficient (Wildman–Crippen LogP) is 5.86. The van der Waals surface area contributed by atoms with Gasteiger partial charge in [0.25, 0.3) is 0 Å². The molecule has 4 amide bonds. The molecule has 6 atom stereocenters. The van der Waals surface area contributed by atoms with Crippen LogP contribution in [-0.4, -0.2) is 28.7 Å². The Bertz CT molecular complexity index is 1790. The normalized spacial score (nSPS) is 27.5. The average molecular weight is 589 g/mol. The second-order valence-corrected chi connectivity index (χ2v) is 11.9. The number of benzene rings is 3. The van der Waals surface area contributed by atoms with E-state index in [2.05, 4.69) is 13.2 Å². The highest BCUT2D eigenvalue weighted by atomic mass is 19.1. The van der Waals surface area contributed by atoms with Crippen LogP contribution in [0.1, 0.15) is 35.4 Å². The summed E-state index contributed by atoms with van der Waals surface area (Å²) in [6.45, 7) is 7.51. The lowest BCUT2D eigenvalue weighted by Gasteiger charge is -2.44. The molecule has 2 saturated heterocycles. The number of hydrogen-bond donors (Lipinski definition) is 1. The third kappa shape index (κ3) is 4.01. The van der Waals surface area contributed by atoms with Crippen molar-refractivity contribution >= 4 is 47.2 Å². The number of rotatable bonds is 5. The molecular formula is C36H29FN2O5. The Morgan fingerprint density at radius 2 is 1.25 bits per heavy atom. The molecule has 1 N–H and O–H groups in total. The molecule has 2 aliphatic carbocycles. The SMILES string of the molecule is C=Cc1ccc(N2C(=O)[C@H]3[C@H](CC=C4[C@H]3C[C@H]3C(=O)N(c5ccc(C=C)cc5)C(=O)[C@H]3[C@H]4c3ccc(O)c(F)c3)C2=O)cc1. The quantitative estimate of drug-likeness (QED) is 0.298. The van der Waals surface area contributed by atoms with E-state index in [0.717, 1.165) is 16.7 Å². The number of amides is 4. The summed E-state index contributed by atoms with van der Waals surface area (Å²) in [6.07, 6.45) is 5.74. The lowest BCUT2D eigenvalue weighted by atomic mass is 9.57. The maximum Gasteiger partial charge on any atom is 0.238 e. The van der Waals surface area contributed by atoms with Gasteiger partial charge in [-0.05, 0) is 71.8 Å². The fourth-order valence-electron chi connectivity index (χ4n) is 7.71. The third-order valence-electron chi connectivity index (χ3n) is 9.75. The van der Waals surface area contributed by atoms with E-state index in [1.54, 1.807) is 66.7 Å². The molecule has 2 aliphatic heterocycles. The van der Waals surface area contributed by atoms with E-state index in [4.69, 9.17) is 0 Å². The van der Waals surface area contributed by atoms with Gasteiger partial charge in [0.2, 0.25) is 23.6 Å².